The van der Waals surface area contributed by atoms with E-state index in [-0.39, 0.29) is 12.1 Å². The lowest BCUT2D eigenvalue weighted by molar-refractivity contribution is 0.161. The summed E-state index contributed by atoms with van der Waals surface area (Å²) < 4.78 is 11.4. The van der Waals surface area contributed by atoms with E-state index in [4.69, 9.17) is 15.2 Å². The first-order valence-corrected chi connectivity index (χ1v) is 6.84. The van der Waals surface area contributed by atoms with Gasteiger partial charge in [0.15, 0.2) is 0 Å². The lowest BCUT2D eigenvalue weighted by Crippen LogP contribution is -2.24. The summed E-state index contributed by atoms with van der Waals surface area (Å²) in [4.78, 5) is 0. The Bertz CT molecular complexity index is 607. The van der Waals surface area contributed by atoms with Crippen molar-refractivity contribution in [3.8, 4) is 11.5 Å². The first-order chi connectivity index (χ1) is 9.67. The molecule has 0 saturated heterocycles. The molecule has 0 spiro atoms. The van der Waals surface area contributed by atoms with E-state index >= 15 is 0 Å². The fourth-order valence-electron chi connectivity index (χ4n) is 2.59. The third-order valence-electron chi connectivity index (χ3n) is 3.81. The third-order valence-corrected chi connectivity index (χ3v) is 3.81. The highest BCUT2D eigenvalue weighted by molar-refractivity contribution is 5.44. The van der Waals surface area contributed by atoms with Gasteiger partial charge in [-0.2, -0.15) is 0 Å². The van der Waals surface area contributed by atoms with Gasteiger partial charge in [0.25, 0.3) is 0 Å². The fourth-order valence-corrected chi connectivity index (χ4v) is 2.59. The summed E-state index contributed by atoms with van der Waals surface area (Å²) in [5, 5.41) is 0. The number of ether oxygens (including phenoxy) is 2. The molecule has 2 N–H and O–H groups in total. The van der Waals surface area contributed by atoms with Crippen LogP contribution in [0.5, 0.6) is 11.5 Å². The minimum Gasteiger partial charge on any atom is -0.497 e. The highest BCUT2D eigenvalue weighted by Gasteiger charge is 2.27. The Morgan fingerprint density at radius 3 is 2.60 bits per heavy atom. The Balaban J connectivity index is 1.92. The Morgan fingerprint density at radius 1 is 1.15 bits per heavy atom. The van der Waals surface area contributed by atoms with Gasteiger partial charge in [0.1, 0.15) is 17.6 Å². The monoisotopic (exact) mass is 269 g/mol. The number of methoxy groups -OCH3 is 1. The molecule has 1 aliphatic heterocycles. The molecule has 1 unspecified atom stereocenters. The molecule has 0 aliphatic carbocycles. The van der Waals surface area contributed by atoms with Crippen molar-refractivity contribution in [1.29, 1.82) is 0 Å². The molecule has 0 amide bonds. The van der Waals surface area contributed by atoms with Gasteiger partial charge in [-0.25, -0.2) is 0 Å². The molecule has 2 aromatic rings. The molecular formula is C17H19NO2. The summed E-state index contributed by atoms with van der Waals surface area (Å²) in [7, 11) is 1.65. The Labute approximate surface area is 119 Å². The van der Waals surface area contributed by atoms with Crippen LogP contribution in [0.4, 0.5) is 0 Å². The second kappa shape index (κ2) is 5.17. The summed E-state index contributed by atoms with van der Waals surface area (Å²) in [6, 6.07) is 14.2. The Morgan fingerprint density at radius 2 is 1.90 bits per heavy atom. The quantitative estimate of drug-likeness (QED) is 0.907. The lowest BCUT2D eigenvalue weighted by Gasteiger charge is -2.30. The molecule has 3 rings (SSSR count). The van der Waals surface area contributed by atoms with Gasteiger partial charge >= 0.3 is 0 Å². The van der Waals surface area contributed by atoms with Gasteiger partial charge in [-0.3, -0.25) is 0 Å². The average molecular weight is 269 g/mol. The van der Waals surface area contributed by atoms with Crippen LogP contribution in [0.25, 0.3) is 0 Å². The molecule has 0 fully saturated rings. The Hall–Kier alpha value is -2.00. The average Bonchev–Trinajstić information content (AvgIpc) is 2.47. The van der Waals surface area contributed by atoms with Crippen molar-refractivity contribution in [3.63, 3.8) is 0 Å². The molecule has 3 nitrogen and oxygen atoms in total. The molecule has 0 bridgehead atoms. The van der Waals surface area contributed by atoms with E-state index in [1.165, 1.54) is 11.1 Å². The van der Waals surface area contributed by atoms with E-state index in [1.807, 2.05) is 18.2 Å². The number of fused-ring (bicyclic) bond motifs is 1. The van der Waals surface area contributed by atoms with Crippen molar-refractivity contribution in [3.05, 3.63) is 59.2 Å². The van der Waals surface area contributed by atoms with Crippen LogP contribution >= 0.6 is 0 Å². The van der Waals surface area contributed by atoms with Crippen LogP contribution in [-0.4, -0.2) is 7.11 Å². The highest BCUT2D eigenvalue weighted by Crippen LogP contribution is 2.41. The standard InChI is InChI=1S/C17H19NO2/c1-11-3-5-12(6-4-11)16-10-15(18)14-8-7-13(19-2)9-17(14)20-16/h3-9,15-16H,10,18H2,1-2H3/t15-,16?/m0/s1. The summed E-state index contributed by atoms with van der Waals surface area (Å²) >= 11 is 0. The van der Waals surface area contributed by atoms with E-state index in [0.29, 0.717) is 0 Å². The van der Waals surface area contributed by atoms with E-state index in [1.54, 1.807) is 7.11 Å². The smallest absolute Gasteiger partial charge is 0.128 e. The SMILES string of the molecule is COc1ccc2c(c1)OC(c1ccc(C)cc1)C[C@@H]2N. The van der Waals surface area contributed by atoms with Gasteiger partial charge in [0, 0.05) is 24.1 Å². The molecule has 1 aliphatic rings. The predicted molar refractivity (Wildman–Crippen MR) is 79.1 cm³/mol. The number of aryl methyl sites for hydroxylation is 1. The van der Waals surface area contributed by atoms with Crippen LogP contribution in [0, 0.1) is 6.92 Å². The van der Waals surface area contributed by atoms with Crippen LogP contribution < -0.4 is 15.2 Å². The van der Waals surface area contributed by atoms with E-state index < -0.39 is 0 Å². The van der Waals surface area contributed by atoms with E-state index in [2.05, 4.69) is 31.2 Å². The minimum absolute atomic E-state index is 0.00374. The maximum Gasteiger partial charge on any atom is 0.128 e. The minimum atomic E-state index is -0.00374. The number of rotatable bonds is 2. The second-order valence-corrected chi connectivity index (χ2v) is 5.26. The number of benzene rings is 2. The molecule has 1 heterocycles. The highest BCUT2D eigenvalue weighted by atomic mass is 16.5. The predicted octanol–water partition coefficient (Wildman–Crippen LogP) is 3.53. The summed E-state index contributed by atoms with van der Waals surface area (Å²) in [6.45, 7) is 2.08. The van der Waals surface area contributed by atoms with Gasteiger partial charge in [0.2, 0.25) is 0 Å². The molecule has 3 heteroatoms. The van der Waals surface area contributed by atoms with Gasteiger partial charge in [-0.05, 0) is 18.6 Å². The second-order valence-electron chi connectivity index (χ2n) is 5.26. The zero-order chi connectivity index (χ0) is 14.1. The summed E-state index contributed by atoms with van der Waals surface area (Å²) in [5.41, 5.74) is 9.74. The van der Waals surface area contributed by atoms with E-state index in [0.717, 1.165) is 23.5 Å². The van der Waals surface area contributed by atoms with Crippen molar-refractivity contribution < 1.29 is 9.47 Å². The van der Waals surface area contributed by atoms with E-state index in [9.17, 15) is 0 Å². The van der Waals surface area contributed by atoms with Crippen molar-refractivity contribution in [2.45, 2.75) is 25.5 Å². The molecule has 0 aromatic heterocycles. The van der Waals surface area contributed by atoms with Crippen molar-refractivity contribution >= 4 is 0 Å². The molecule has 2 atom stereocenters. The first-order valence-electron chi connectivity index (χ1n) is 6.84. The Kier molecular flexibility index (Phi) is 3.36. The van der Waals surface area contributed by atoms with Crippen LogP contribution in [-0.2, 0) is 0 Å². The van der Waals surface area contributed by atoms with Crippen LogP contribution in [0.2, 0.25) is 0 Å². The zero-order valence-corrected chi connectivity index (χ0v) is 11.8. The lowest BCUT2D eigenvalue weighted by atomic mass is 9.93. The number of hydrogen-bond acceptors (Lipinski definition) is 3. The number of hydrogen-bond donors (Lipinski definition) is 1. The maximum absolute atomic E-state index is 6.27. The molecule has 0 saturated carbocycles. The third kappa shape index (κ3) is 2.37. The van der Waals surface area contributed by atoms with Crippen LogP contribution in [0.15, 0.2) is 42.5 Å². The van der Waals surface area contributed by atoms with Gasteiger partial charge in [0.05, 0.1) is 7.11 Å². The summed E-state index contributed by atoms with van der Waals surface area (Å²) in [5.74, 6) is 1.62. The molecule has 104 valence electrons. The summed E-state index contributed by atoms with van der Waals surface area (Å²) in [6.07, 6.45) is 0.799. The topological polar surface area (TPSA) is 44.5 Å². The fraction of sp³-hybridized carbons (Fsp3) is 0.294. The van der Waals surface area contributed by atoms with Crippen molar-refractivity contribution in [1.82, 2.24) is 0 Å². The number of nitrogens with two attached hydrogens (primary N) is 1. The normalized spacial score (nSPS) is 20.9. The van der Waals surface area contributed by atoms with Crippen molar-refractivity contribution in [2.24, 2.45) is 5.73 Å². The van der Waals surface area contributed by atoms with Crippen molar-refractivity contribution in [2.75, 3.05) is 7.11 Å². The molecular weight excluding hydrogens is 250 g/mol. The molecule has 20 heavy (non-hydrogen) atoms. The first kappa shape index (κ1) is 13.0. The van der Waals surface area contributed by atoms with Crippen LogP contribution in [0.3, 0.4) is 0 Å². The maximum atomic E-state index is 6.27. The van der Waals surface area contributed by atoms with Crippen LogP contribution in [0.1, 0.15) is 35.3 Å². The zero-order valence-electron chi connectivity index (χ0n) is 11.8. The van der Waals surface area contributed by atoms with Gasteiger partial charge in [-0.1, -0.05) is 35.9 Å². The largest absolute Gasteiger partial charge is 0.497 e. The molecule has 2 aromatic carbocycles. The molecule has 0 radical (unpaired) electrons. The van der Waals surface area contributed by atoms with Gasteiger partial charge < -0.3 is 15.2 Å². The van der Waals surface area contributed by atoms with Gasteiger partial charge in [-0.15, -0.1) is 0 Å².